The molecule has 0 amide bonds. The van der Waals surface area contributed by atoms with Crippen molar-refractivity contribution in [2.75, 3.05) is 0 Å². The van der Waals surface area contributed by atoms with Gasteiger partial charge < -0.3 is 0 Å². The van der Waals surface area contributed by atoms with Crippen LogP contribution >= 0.6 is 0 Å². The smallest absolute Gasteiger partial charge is 0.258 e. The molecule has 0 aliphatic carbocycles. The minimum Gasteiger partial charge on any atom is -0.258 e. The quantitative estimate of drug-likeness (QED) is 0.371. The van der Waals surface area contributed by atoms with E-state index < -0.39 is 16.6 Å². The Morgan fingerprint density at radius 2 is 1.71 bits per heavy atom. The lowest BCUT2D eigenvalue weighted by atomic mass is 10.0. The van der Waals surface area contributed by atoms with E-state index in [9.17, 15) is 18.9 Å². The van der Waals surface area contributed by atoms with Crippen LogP contribution in [0.2, 0.25) is 0 Å². The maximum atomic E-state index is 13.5. The third-order valence-electron chi connectivity index (χ3n) is 2.80. The largest absolute Gasteiger partial charge is 0.269 e. The second-order valence-electron chi connectivity index (χ2n) is 4.11. The van der Waals surface area contributed by atoms with Crippen LogP contribution < -0.4 is 0 Å². The zero-order valence-corrected chi connectivity index (χ0v) is 10.6. The Balaban J connectivity index is 2.47. The number of hydrogen-bond donors (Lipinski definition) is 0. The molecule has 0 fully saturated rings. The fourth-order valence-corrected chi connectivity index (χ4v) is 1.74. The number of nitrogens with zero attached hydrogens (tertiary/aromatic N) is 2. The number of benzene rings is 2. The van der Waals surface area contributed by atoms with Crippen molar-refractivity contribution in [1.29, 1.82) is 5.26 Å². The van der Waals surface area contributed by atoms with E-state index in [4.69, 9.17) is 5.26 Å². The lowest BCUT2D eigenvalue weighted by Crippen LogP contribution is -1.91. The van der Waals surface area contributed by atoms with Crippen LogP contribution in [0.5, 0.6) is 0 Å². The number of nitro benzene ring substituents is 1. The predicted molar refractivity (Wildman–Crippen MR) is 72.9 cm³/mol. The zero-order valence-electron chi connectivity index (χ0n) is 10.6. The molecular formula is C15H8F2N2O2. The molecule has 0 unspecified atom stereocenters. The molecule has 0 aliphatic heterocycles. The summed E-state index contributed by atoms with van der Waals surface area (Å²) >= 11 is 0. The number of hydrogen-bond acceptors (Lipinski definition) is 3. The van der Waals surface area contributed by atoms with Gasteiger partial charge in [0.2, 0.25) is 0 Å². The van der Waals surface area contributed by atoms with Gasteiger partial charge in [-0.15, -0.1) is 0 Å². The number of non-ortho nitro benzene ring substituents is 1. The Morgan fingerprint density at radius 3 is 2.19 bits per heavy atom. The molecule has 2 rings (SSSR count). The summed E-state index contributed by atoms with van der Waals surface area (Å²) < 4.78 is 27.1. The maximum Gasteiger partial charge on any atom is 0.269 e. The molecule has 0 atom stereocenters. The van der Waals surface area contributed by atoms with Crippen molar-refractivity contribution in [2.45, 2.75) is 0 Å². The Labute approximate surface area is 118 Å². The fourth-order valence-electron chi connectivity index (χ4n) is 1.74. The Morgan fingerprint density at radius 1 is 1.14 bits per heavy atom. The molecule has 2 aromatic rings. The van der Waals surface area contributed by atoms with Gasteiger partial charge in [0.05, 0.1) is 16.6 Å². The number of rotatable bonds is 3. The van der Waals surface area contributed by atoms with Gasteiger partial charge in [-0.05, 0) is 35.9 Å². The second kappa shape index (κ2) is 5.92. The molecule has 0 saturated carbocycles. The van der Waals surface area contributed by atoms with Crippen molar-refractivity contribution < 1.29 is 13.7 Å². The normalized spacial score (nSPS) is 11.0. The van der Waals surface area contributed by atoms with Gasteiger partial charge in [0.1, 0.15) is 11.6 Å². The highest BCUT2D eigenvalue weighted by Crippen LogP contribution is 2.23. The van der Waals surface area contributed by atoms with Gasteiger partial charge in [-0.3, -0.25) is 10.1 Å². The van der Waals surface area contributed by atoms with Gasteiger partial charge in [0, 0.05) is 17.7 Å². The van der Waals surface area contributed by atoms with E-state index in [0.29, 0.717) is 5.56 Å². The number of nitriles is 1. The van der Waals surface area contributed by atoms with Crippen molar-refractivity contribution in [1.82, 2.24) is 0 Å². The summed E-state index contributed by atoms with van der Waals surface area (Å²) in [7, 11) is 0. The minimum atomic E-state index is -0.787. The molecular weight excluding hydrogens is 278 g/mol. The van der Waals surface area contributed by atoms with Crippen LogP contribution in [-0.2, 0) is 0 Å². The lowest BCUT2D eigenvalue weighted by Gasteiger charge is -2.02. The van der Waals surface area contributed by atoms with Gasteiger partial charge in [0.25, 0.3) is 5.69 Å². The molecule has 6 heteroatoms. The van der Waals surface area contributed by atoms with Gasteiger partial charge >= 0.3 is 0 Å². The van der Waals surface area contributed by atoms with E-state index in [-0.39, 0.29) is 16.8 Å². The Bertz CT molecular complexity index is 742. The third kappa shape index (κ3) is 3.09. The molecule has 0 saturated heterocycles. The first-order valence-electron chi connectivity index (χ1n) is 5.83. The molecule has 0 N–H and O–H groups in total. The molecule has 0 radical (unpaired) electrons. The zero-order chi connectivity index (χ0) is 15.4. The van der Waals surface area contributed by atoms with E-state index >= 15 is 0 Å². The predicted octanol–water partition coefficient (Wildman–Crippen LogP) is 3.94. The number of nitro groups is 1. The molecule has 0 bridgehead atoms. The first kappa shape index (κ1) is 14.3. The van der Waals surface area contributed by atoms with Gasteiger partial charge in [-0.2, -0.15) is 5.26 Å². The van der Waals surface area contributed by atoms with Gasteiger partial charge in [0.15, 0.2) is 0 Å². The van der Waals surface area contributed by atoms with Crippen LogP contribution in [0.3, 0.4) is 0 Å². The van der Waals surface area contributed by atoms with Crippen molar-refractivity contribution >= 4 is 17.3 Å². The summed E-state index contributed by atoms with van der Waals surface area (Å²) in [4.78, 5) is 9.99. The molecule has 0 aliphatic rings. The number of allylic oxidation sites excluding steroid dienone is 1. The van der Waals surface area contributed by atoms with Gasteiger partial charge in [-0.1, -0.05) is 6.07 Å². The van der Waals surface area contributed by atoms with Crippen molar-refractivity contribution in [3.05, 3.63) is 75.3 Å². The van der Waals surface area contributed by atoms with Crippen LogP contribution in [0.4, 0.5) is 14.5 Å². The first-order chi connectivity index (χ1) is 10.0. The molecule has 21 heavy (non-hydrogen) atoms. The molecule has 0 aromatic heterocycles. The summed E-state index contributed by atoms with van der Waals surface area (Å²) in [5.74, 6) is -1.57. The molecule has 0 heterocycles. The highest BCUT2D eigenvalue weighted by Gasteiger charge is 2.10. The van der Waals surface area contributed by atoms with Crippen molar-refractivity contribution in [3.63, 3.8) is 0 Å². The average Bonchev–Trinajstić information content (AvgIpc) is 2.47. The standard InChI is InChI=1S/C15H8F2N2O2/c16-14-2-1-3-15(17)13(14)8-11(9-18)10-4-6-12(7-5-10)19(20)21/h1-8H/b11-8+. The molecule has 0 spiro atoms. The summed E-state index contributed by atoms with van der Waals surface area (Å²) in [6.07, 6.45) is 1.08. The number of halogens is 2. The Hall–Kier alpha value is -3.07. The van der Waals surface area contributed by atoms with E-state index in [1.807, 2.05) is 6.07 Å². The van der Waals surface area contributed by atoms with Crippen LogP contribution in [0.25, 0.3) is 11.6 Å². The van der Waals surface area contributed by atoms with E-state index in [1.165, 1.54) is 30.3 Å². The average molecular weight is 286 g/mol. The minimum absolute atomic E-state index is 0.00824. The highest BCUT2D eigenvalue weighted by atomic mass is 19.1. The summed E-state index contributed by atoms with van der Waals surface area (Å²) in [5, 5.41) is 19.7. The topological polar surface area (TPSA) is 66.9 Å². The summed E-state index contributed by atoms with van der Waals surface area (Å²) in [6, 6.07) is 10.4. The van der Waals surface area contributed by atoms with Crippen LogP contribution in [-0.4, -0.2) is 4.92 Å². The third-order valence-corrected chi connectivity index (χ3v) is 2.80. The van der Waals surface area contributed by atoms with Crippen LogP contribution in [0.15, 0.2) is 42.5 Å². The monoisotopic (exact) mass is 286 g/mol. The highest BCUT2D eigenvalue weighted by molar-refractivity contribution is 5.89. The maximum absolute atomic E-state index is 13.5. The molecule has 2 aromatic carbocycles. The lowest BCUT2D eigenvalue weighted by molar-refractivity contribution is -0.384. The van der Waals surface area contributed by atoms with Gasteiger partial charge in [-0.25, -0.2) is 8.78 Å². The first-order valence-corrected chi connectivity index (χ1v) is 5.83. The summed E-state index contributed by atoms with van der Waals surface area (Å²) in [5.41, 5.74) is -0.111. The Kier molecular flexibility index (Phi) is 4.05. The van der Waals surface area contributed by atoms with E-state index in [2.05, 4.69) is 0 Å². The van der Waals surface area contributed by atoms with Crippen LogP contribution in [0.1, 0.15) is 11.1 Å². The van der Waals surface area contributed by atoms with Crippen LogP contribution in [0, 0.1) is 33.1 Å². The SMILES string of the molecule is N#C/C(=C\c1c(F)cccc1F)c1ccc([N+](=O)[O-])cc1. The summed E-state index contributed by atoms with van der Waals surface area (Å²) in [6.45, 7) is 0. The van der Waals surface area contributed by atoms with E-state index in [1.54, 1.807) is 0 Å². The van der Waals surface area contributed by atoms with Crippen molar-refractivity contribution in [2.24, 2.45) is 0 Å². The fraction of sp³-hybridized carbons (Fsp3) is 0. The van der Waals surface area contributed by atoms with Crippen molar-refractivity contribution in [3.8, 4) is 6.07 Å². The second-order valence-corrected chi connectivity index (χ2v) is 4.11. The molecule has 104 valence electrons. The molecule has 4 nitrogen and oxygen atoms in total. The van der Waals surface area contributed by atoms with E-state index in [0.717, 1.165) is 18.2 Å².